The number of hydrogen-bond donors (Lipinski definition) is 1. The van der Waals surface area contributed by atoms with E-state index in [0.717, 1.165) is 5.69 Å². The molecule has 1 unspecified atom stereocenters. The van der Waals surface area contributed by atoms with Crippen molar-refractivity contribution in [2.75, 3.05) is 6.54 Å². The van der Waals surface area contributed by atoms with E-state index in [1.54, 1.807) is 18.2 Å². The van der Waals surface area contributed by atoms with Gasteiger partial charge >= 0.3 is 0 Å². The van der Waals surface area contributed by atoms with Crippen molar-refractivity contribution < 1.29 is 9.26 Å². The summed E-state index contributed by atoms with van der Waals surface area (Å²) in [5.41, 5.74) is 6.72. The van der Waals surface area contributed by atoms with Gasteiger partial charge in [0.1, 0.15) is 11.6 Å². The second-order valence-corrected chi connectivity index (χ2v) is 4.02. The van der Waals surface area contributed by atoms with E-state index in [0.29, 0.717) is 24.3 Å². The average Bonchev–Trinajstić information content (AvgIpc) is 2.92. The Bertz CT molecular complexity index is 575. The lowest BCUT2D eigenvalue weighted by Gasteiger charge is -2.15. The normalized spacial score (nSPS) is 11.8. The summed E-state index contributed by atoms with van der Waals surface area (Å²) in [4.78, 5) is 4.23. The van der Waals surface area contributed by atoms with Gasteiger partial charge in [-0.1, -0.05) is 5.16 Å². The fourth-order valence-electron chi connectivity index (χ4n) is 1.64. The summed E-state index contributed by atoms with van der Waals surface area (Å²) in [7, 11) is 0. The monoisotopic (exact) mass is 258 g/mol. The molecule has 0 aliphatic heterocycles. The molecule has 0 saturated carbocycles. The fraction of sp³-hybridized carbons (Fsp3) is 0.308. The van der Waals surface area contributed by atoms with Crippen LogP contribution in [-0.4, -0.2) is 16.7 Å². The molecule has 2 aromatic rings. The maximum Gasteiger partial charge on any atom is 0.232 e. The second-order valence-electron chi connectivity index (χ2n) is 4.02. The SMILES string of the molecule is Cc1ccc(C#N)c(OC(CCN)c2ccno2)n1. The summed E-state index contributed by atoms with van der Waals surface area (Å²) in [6.07, 6.45) is 1.70. The Morgan fingerprint density at radius 1 is 1.47 bits per heavy atom. The van der Waals surface area contributed by atoms with Gasteiger partial charge in [0.15, 0.2) is 11.9 Å². The minimum Gasteiger partial charge on any atom is -0.465 e. The van der Waals surface area contributed by atoms with E-state index in [2.05, 4.69) is 16.2 Å². The molecule has 98 valence electrons. The highest BCUT2D eigenvalue weighted by atomic mass is 16.5. The largest absolute Gasteiger partial charge is 0.465 e. The van der Waals surface area contributed by atoms with Crippen molar-refractivity contribution in [3.8, 4) is 11.9 Å². The Morgan fingerprint density at radius 3 is 2.95 bits per heavy atom. The van der Waals surface area contributed by atoms with Gasteiger partial charge < -0.3 is 15.0 Å². The van der Waals surface area contributed by atoms with Crippen LogP contribution in [0.3, 0.4) is 0 Å². The Balaban J connectivity index is 2.27. The highest BCUT2D eigenvalue weighted by Crippen LogP contribution is 2.25. The quantitative estimate of drug-likeness (QED) is 0.876. The van der Waals surface area contributed by atoms with Gasteiger partial charge in [-0.15, -0.1) is 0 Å². The lowest BCUT2D eigenvalue weighted by Crippen LogP contribution is -2.14. The predicted octanol–water partition coefficient (Wildman–Crippen LogP) is 1.72. The lowest BCUT2D eigenvalue weighted by atomic mass is 10.2. The van der Waals surface area contributed by atoms with Gasteiger partial charge in [0, 0.05) is 18.2 Å². The number of ether oxygens (including phenoxy) is 1. The molecule has 0 spiro atoms. The molecule has 0 amide bonds. The molecule has 19 heavy (non-hydrogen) atoms. The van der Waals surface area contributed by atoms with Gasteiger partial charge in [0.2, 0.25) is 5.88 Å². The third kappa shape index (κ3) is 3.09. The zero-order valence-electron chi connectivity index (χ0n) is 10.5. The number of rotatable bonds is 5. The van der Waals surface area contributed by atoms with E-state index in [1.165, 1.54) is 6.20 Å². The van der Waals surface area contributed by atoms with Gasteiger partial charge in [-0.2, -0.15) is 5.26 Å². The Kier molecular flexibility index (Phi) is 4.11. The molecule has 0 aromatic carbocycles. The molecule has 6 heteroatoms. The summed E-state index contributed by atoms with van der Waals surface area (Å²) >= 11 is 0. The van der Waals surface area contributed by atoms with Crippen LogP contribution in [-0.2, 0) is 0 Å². The van der Waals surface area contributed by atoms with Gasteiger partial charge in [0.25, 0.3) is 0 Å². The number of aromatic nitrogens is 2. The lowest BCUT2D eigenvalue weighted by molar-refractivity contribution is 0.150. The molecule has 0 aliphatic rings. The first-order chi connectivity index (χ1) is 9.24. The summed E-state index contributed by atoms with van der Waals surface area (Å²) in [6.45, 7) is 2.26. The number of aryl methyl sites for hydroxylation is 1. The Hall–Kier alpha value is -2.39. The highest BCUT2D eigenvalue weighted by Gasteiger charge is 2.19. The third-order valence-electron chi connectivity index (χ3n) is 2.58. The van der Waals surface area contributed by atoms with Crippen molar-refractivity contribution in [3.63, 3.8) is 0 Å². The maximum absolute atomic E-state index is 9.05. The Morgan fingerprint density at radius 2 is 2.32 bits per heavy atom. The van der Waals surface area contributed by atoms with E-state index in [4.69, 9.17) is 20.3 Å². The van der Waals surface area contributed by atoms with Gasteiger partial charge in [-0.05, 0) is 25.6 Å². The van der Waals surface area contributed by atoms with Crippen LogP contribution in [0.25, 0.3) is 0 Å². The van der Waals surface area contributed by atoms with Crippen molar-refractivity contribution >= 4 is 0 Å². The van der Waals surface area contributed by atoms with Crippen LogP contribution in [0, 0.1) is 18.3 Å². The van der Waals surface area contributed by atoms with Crippen molar-refractivity contribution in [2.24, 2.45) is 5.73 Å². The summed E-state index contributed by atoms with van der Waals surface area (Å²) < 4.78 is 10.8. The Labute approximate surface area is 110 Å². The van der Waals surface area contributed by atoms with E-state index in [-0.39, 0.29) is 5.88 Å². The van der Waals surface area contributed by atoms with Crippen LogP contribution in [0.1, 0.15) is 29.5 Å². The smallest absolute Gasteiger partial charge is 0.232 e. The topological polar surface area (TPSA) is 98.0 Å². The van der Waals surface area contributed by atoms with Crippen LogP contribution in [0.5, 0.6) is 5.88 Å². The highest BCUT2D eigenvalue weighted by molar-refractivity contribution is 5.38. The minimum absolute atomic E-state index is 0.289. The molecule has 2 heterocycles. The molecule has 0 bridgehead atoms. The van der Waals surface area contributed by atoms with E-state index >= 15 is 0 Å². The molecule has 2 rings (SSSR count). The van der Waals surface area contributed by atoms with Crippen molar-refractivity contribution in [1.29, 1.82) is 5.26 Å². The molecular weight excluding hydrogens is 244 g/mol. The van der Waals surface area contributed by atoms with Crippen molar-refractivity contribution in [3.05, 3.63) is 41.4 Å². The molecule has 0 aliphatic carbocycles. The van der Waals surface area contributed by atoms with E-state index < -0.39 is 6.10 Å². The molecule has 0 radical (unpaired) electrons. The van der Waals surface area contributed by atoms with Crippen LogP contribution in [0.15, 0.2) is 28.9 Å². The van der Waals surface area contributed by atoms with Crippen LogP contribution in [0.2, 0.25) is 0 Å². The first-order valence-electron chi connectivity index (χ1n) is 5.89. The first-order valence-corrected chi connectivity index (χ1v) is 5.89. The van der Waals surface area contributed by atoms with Crippen molar-refractivity contribution in [1.82, 2.24) is 10.1 Å². The molecule has 6 nitrogen and oxygen atoms in total. The number of pyridine rings is 1. The molecule has 0 saturated heterocycles. The zero-order chi connectivity index (χ0) is 13.7. The molecular formula is C13H14N4O2. The molecule has 0 fully saturated rings. The summed E-state index contributed by atoms with van der Waals surface area (Å²) in [5, 5.41) is 12.7. The summed E-state index contributed by atoms with van der Waals surface area (Å²) in [5.74, 6) is 0.856. The van der Waals surface area contributed by atoms with Gasteiger partial charge in [-0.25, -0.2) is 4.98 Å². The number of hydrogen-bond acceptors (Lipinski definition) is 6. The molecule has 2 N–H and O–H groups in total. The van der Waals surface area contributed by atoms with Crippen LogP contribution >= 0.6 is 0 Å². The second kappa shape index (κ2) is 5.98. The van der Waals surface area contributed by atoms with Gasteiger partial charge in [0.05, 0.1) is 6.20 Å². The fourth-order valence-corrected chi connectivity index (χ4v) is 1.64. The summed E-state index contributed by atoms with van der Waals surface area (Å²) in [6, 6.07) is 7.20. The predicted molar refractivity (Wildman–Crippen MR) is 67.2 cm³/mol. The van der Waals surface area contributed by atoms with Crippen LogP contribution in [0.4, 0.5) is 0 Å². The standard InChI is InChI=1S/C13H14N4O2/c1-9-2-3-10(8-15)13(17-9)18-11(4-6-14)12-5-7-16-19-12/h2-3,5,7,11H,4,6,14H2,1H3. The molecule has 2 aromatic heterocycles. The zero-order valence-corrected chi connectivity index (χ0v) is 10.5. The third-order valence-corrected chi connectivity index (χ3v) is 2.58. The number of nitrogens with zero attached hydrogens (tertiary/aromatic N) is 3. The van der Waals surface area contributed by atoms with Crippen LogP contribution < -0.4 is 10.5 Å². The number of nitriles is 1. The average molecular weight is 258 g/mol. The van der Waals surface area contributed by atoms with Gasteiger partial charge in [-0.3, -0.25) is 0 Å². The molecule has 1 atom stereocenters. The number of nitrogens with two attached hydrogens (primary N) is 1. The first kappa shape index (κ1) is 13.1. The van der Waals surface area contributed by atoms with E-state index in [9.17, 15) is 0 Å². The maximum atomic E-state index is 9.05. The van der Waals surface area contributed by atoms with E-state index in [1.807, 2.05) is 6.92 Å². The minimum atomic E-state index is -0.395. The van der Waals surface area contributed by atoms with Crippen molar-refractivity contribution in [2.45, 2.75) is 19.4 Å².